The van der Waals surface area contributed by atoms with Gasteiger partial charge in [-0.3, -0.25) is 4.79 Å². The van der Waals surface area contributed by atoms with Crippen LogP contribution in [0.1, 0.15) is 21.8 Å². The molecule has 3 aromatic heterocycles. The fraction of sp³-hybridized carbons (Fsp3) is 0.182. The van der Waals surface area contributed by atoms with Gasteiger partial charge in [0.15, 0.2) is 5.78 Å². The van der Waals surface area contributed by atoms with Crippen molar-refractivity contribution in [2.45, 2.75) is 12.6 Å². The lowest BCUT2D eigenvalue weighted by molar-refractivity contribution is -0.159. The molecule has 0 amide bonds. The molecule has 4 rings (SSSR count). The quantitative estimate of drug-likeness (QED) is 0.335. The topological polar surface area (TPSA) is 122 Å². The number of rotatable bonds is 8. The van der Waals surface area contributed by atoms with E-state index in [1.807, 2.05) is 0 Å². The Balaban J connectivity index is 1.51. The number of pyridine rings is 1. The second-order valence-electron chi connectivity index (χ2n) is 6.91. The summed E-state index contributed by atoms with van der Waals surface area (Å²) >= 11 is 0. The van der Waals surface area contributed by atoms with Crippen LogP contribution in [-0.2, 0) is 12.6 Å². The number of hydrogen-bond donors (Lipinski definition) is 0. The van der Waals surface area contributed by atoms with Crippen molar-refractivity contribution in [1.82, 2.24) is 25.1 Å². The summed E-state index contributed by atoms with van der Waals surface area (Å²) in [6.07, 6.45) is -3.33. The third-order valence-corrected chi connectivity index (χ3v) is 4.58. The third kappa shape index (κ3) is 5.51. The van der Waals surface area contributed by atoms with E-state index in [9.17, 15) is 18.0 Å². The molecule has 0 aliphatic carbocycles. The van der Waals surface area contributed by atoms with Crippen LogP contribution in [0.25, 0.3) is 11.4 Å². The minimum Gasteiger partial charge on any atom is -0.481 e. The van der Waals surface area contributed by atoms with E-state index in [0.717, 1.165) is 0 Å². The predicted octanol–water partition coefficient (Wildman–Crippen LogP) is 4.18. The molecule has 0 unspecified atom stereocenters. The first-order valence-corrected chi connectivity index (χ1v) is 9.90. The van der Waals surface area contributed by atoms with Gasteiger partial charge in [0.1, 0.15) is 0 Å². The molecule has 0 saturated heterocycles. The highest BCUT2D eigenvalue weighted by Gasteiger charge is 2.38. The highest BCUT2D eigenvalue weighted by molar-refractivity contribution is 5.99. The molecule has 0 aliphatic heterocycles. The highest BCUT2D eigenvalue weighted by Crippen LogP contribution is 2.30. The summed E-state index contributed by atoms with van der Waals surface area (Å²) in [5.41, 5.74) is 1.07. The average molecular weight is 487 g/mol. The van der Waals surface area contributed by atoms with Crippen LogP contribution in [0, 0.1) is 0 Å². The van der Waals surface area contributed by atoms with E-state index in [-0.39, 0.29) is 47.2 Å². The number of aromatic nitrogens is 5. The van der Waals surface area contributed by atoms with E-state index in [1.165, 1.54) is 44.7 Å². The number of nitrogens with zero attached hydrogens (tertiary/aromatic N) is 5. The molecule has 0 spiro atoms. The summed E-state index contributed by atoms with van der Waals surface area (Å²) in [6, 6.07) is 10.6. The van der Waals surface area contributed by atoms with Crippen LogP contribution in [-0.4, -0.2) is 45.1 Å². The third-order valence-electron chi connectivity index (χ3n) is 4.58. The number of alkyl halides is 3. The van der Waals surface area contributed by atoms with Crippen LogP contribution >= 0.6 is 0 Å². The van der Waals surface area contributed by atoms with Gasteiger partial charge in [0.05, 0.1) is 25.8 Å². The number of Topliss-reactive ketones (excluding diaryl/α,β-unsaturated/α-hetero) is 1. The molecule has 35 heavy (non-hydrogen) atoms. The Labute approximate surface area is 195 Å². The van der Waals surface area contributed by atoms with Crippen LogP contribution in [0.15, 0.2) is 53.2 Å². The number of ketones is 1. The highest BCUT2D eigenvalue weighted by atomic mass is 19.4. The number of hydrogen-bond acceptors (Lipinski definition) is 10. The summed E-state index contributed by atoms with van der Waals surface area (Å²) < 4.78 is 58.0. The van der Waals surface area contributed by atoms with Crippen molar-refractivity contribution in [2.24, 2.45) is 0 Å². The fourth-order valence-corrected chi connectivity index (χ4v) is 2.92. The smallest absolute Gasteiger partial charge is 0.471 e. The van der Waals surface area contributed by atoms with Crippen LogP contribution in [0.5, 0.6) is 23.7 Å². The lowest BCUT2D eigenvalue weighted by Crippen LogP contribution is -2.08. The zero-order valence-electron chi connectivity index (χ0n) is 18.2. The maximum Gasteiger partial charge on any atom is 0.471 e. The maximum atomic E-state index is 13.0. The van der Waals surface area contributed by atoms with E-state index in [2.05, 4.69) is 29.6 Å². The molecule has 0 atom stereocenters. The molecule has 0 N–H and O–H groups in total. The summed E-state index contributed by atoms with van der Waals surface area (Å²) in [6.45, 7) is 0. The SMILES string of the molecule is COc1cc(OC)nc(Oc2ncccc2C(=O)Cc2ccc(-c3noc(C(F)(F)F)n3)cc2)n1. The summed E-state index contributed by atoms with van der Waals surface area (Å²) in [4.78, 5) is 28.5. The Morgan fingerprint density at radius 3 is 2.29 bits per heavy atom. The standard InChI is InChI=1S/C22H16F3N5O5/c1-32-16-11-17(33-2)28-21(27-16)34-19-14(4-3-9-26-19)15(31)10-12-5-7-13(8-6-12)18-29-20(35-30-18)22(23,24)25/h3-9,11H,10H2,1-2H3. The maximum absolute atomic E-state index is 13.0. The Hall–Kier alpha value is -4.55. The normalized spacial score (nSPS) is 11.2. The van der Waals surface area contributed by atoms with Gasteiger partial charge in [-0.05, 0) is 17.7 Å². The monoisotopic (exact) mass is 487 g/mol. The zero-order valence-corrected chi connectivity index (χ0v) is 18.2. The largest absolute Gasteiger partial charge is 0.481 e. The van der Waals surface area contributed by atoms with E-state index in [0.29, 0.717) is 11.1 Å². The van der Waals surface area contributed by atoms with Gasteiger partial charge in [-0.15, -0.1) is 0 Å². The molecule has 180 valence electrons. The molecular formula is C22H16F3N5O5. The second-order valence-corrected chi connectivity index (χ2v) is 6.91. The van der Waals surface area contributed by atoms with Crippen LogP contribution < -0.4 is 14.2 Å². The summed E-state index contributed by atoms with van der Waals surface area (Å²) in [5, 5.41) is 3.34. The predicted molar refractivity (Wildman–Crippen MR) is 112 cm³/mol. The molecule has 0 radical (unpaired) electrons. The van der Waals surface area contributed by atoms with Gasteiger partial charge < -0.3 is 18.7 Å². The van der Waals surface area contributed by atoms with Crippen molar-refractivity contribution in [3.63, 3.8) is 0 Å². The van der Waals surface area contributed by atoms with E-state index in [1.54, 1.807) is 18.2 Å². The lowest BCUT2D eigenvalue weighted by Gasteiger charge is -2.10. The number of ether oxygens (including phenoxy) is 3. The number of benzene rings is 1. The number of carbonyl (C=O) groups excluding carboxylic acids is 1. The minimum atomic E-state index is -4.73. The lowest BCUT2D eigenvalue weighted by atomic mass is 10.0. The van der Waals surface area contributed by atoms with Gasteiger partial charge in [0.25, 0.3) is 0 Å². The van der Waals surface area contributed by atoms with E-state index in [4.69, 9.17) is 14.2 Å². The number of halogens is 3. The summed E-state index contributed by atoms with van der Waals surface area (Å²) in [7, 11) is 2.83. The zero-order chi connectivity index (χ0) is 25.0. The Morgan fingerprint density at radius 1 is 1.00 bits per heavy atom. The fourth-order valence-electron chi connectivity index (χ4n) is 2.92. The molecule has 4 aromatic rings. The Bertz CT molecular complexity index is 1320. The molecule has 0 bridgehead atoms. The second kappa shape index (κ2) is 9.75. The number of methoxy groups -OCH3 is 2. The van der Waals surface area contributed by atoms with Crippen molar-refractivity contribution < 1.29 is 36.7 Å². The molecule has 10 nitrogen and oxygen atoms in total. The van der Waals surface area contributed by atoms with Crippen molar-refractivity contribution in [1.29, 1.82) is 0 Å². The Morgan fingerprint density at radius 2 is 1.69 bits per heavy atom. The van der Waals surface area contributed by atoms with Crippen LogP contribution in [0.2, 0.25) is 0 Å². The van der Waals surface area contributed by atoms with Gasteiger partial charge in [-0.2, -0.15) is 28.1 Å². The molecule has 3 heterocycles. The van der Waals surface area contributed by atoms with Gasteiger partial charge in [-0.25, -0.2) is 4.98 Å². The Kier molecular flexibility index (Phi) is 6.57. The van der Waals surface area contributed by atoms with Crippen molar-refractivity contribution in [3.8, 4) is 35.0 Å². The minimum absolute atomic E-state index is 0.0177. The summed E-state index contributed by atoms with van der Waals surface area (Å²) in [5.74, 6) is -1.61. The van der Waals surface area contributed by atoms with Gasteiger partial charge >= 0.3 is 18.1 Å². The van der Waals surface area contributed by atoms with Gasteiger partial charge in [-0.1, -0.05) is 29.4 Å². The van der Waals surface area contributed by atoms with Gasteiger partial charge in [0.2, 0.25) is 23.5 Å². The molecule has 0 saturated carbocycles. The first-order valence-electron chi connectivity index (χ1n) is 9.90. The molecular weight excluding hydrogens is 471 g/mol. The molecule has 13 heteroatoms. The van der Waals surface area contributed by atoms with E-state index < -0.39 is 12.1 Å². The number of carbonyl (C=O) groups is 1. The first-order chi connectivity index (χ1) is 16.8. The van der Waals surface area contributed by atoms with Crippen LogP contribution in [0.3, 0.4) is 0 Å². The first kappa shape index (κ1) is 23.6. The van der Waals surface area contributed by atoms with Crippen molar-refractivity contribution in [2.75, 3.05) is 14.2 Å². The van der Waals surface area contributed by atoms with Crippen LogP contribution in [0.4, 0.5) is 13.2 Å². The van der Waals surface area contributed by atoms with Gasteiger partial charge in [0, 0.05) is 18.2 Å². The van der Waals surface area contributed by atoms with Crippen molar-refractivity contribution in [3.05, 3.63) is 65.7 Å². The average Bonchev–Trinajstić information content (AvgIpc) is 3.36. The van der Waals surface area contributed by atoms with Crippen molar-refractivity contribution >= 4 is 5.78 Å². The molecule has 1 aromatic carbocycles. The van der Waals surface area contributed by atoms with E-state index >= 15 is 0 Å². The molecule has 0 aliphatic rings. The molecule has 0 fully saturated rings.